The van der Waals surface area contributed by atoms with E-state index in [9.17, 15) is 0 Å². The molecule has 78 valence electrons. The van der Waals surface area contributed by atoms with Crippen LogP contribution in [0.25, 0.3) is 0 Å². The zero-order valence-electron chi connectivity index (χ0n) is 9.21. The van der Waals surface area contributed by atoms with Crippen molar-refractivity contribution < 1.29 is 4.74 Å². The average molecular weight is 193 g/mol. The van der Waals surface area contributed by atoms with Crippen molar-refractivity contribution in [1.29, 1.82) is 0 Å². The Balaban J connectivity index is 2.67. The lowest BCUT2D eigenvalue weighted by atomic mass is 10.1. The molecule has 0 aliphatic rings. The predicted molar refractivity (Wildman–Crippen MR) is 59.6 cm³/mol. The molecule has 1 aromatic carbocycles. The molecule has 0 bridgehead atoms. The van der Waals surface area contributed by atoms with E-state index in [4.69, 9.17) is 10.5 Å². The first-order valence-corrected chi connectivity index (χ1v) is 5.02. The lowest BCUT2D eigenvalue weighted by molar-refractivity contribution is 0.241. The molecule has 0 aromatic heterocycles. The Labute approximate surface area is 86.1 Å². The predicted octanol–water partition coefficient (Wildman–Crippen LogP) is 2.37. The Morgan fingerprint density at radius 1 is 1.29 bits per heavy atom. The van der Waals surface area contributed by atoms with Gasteiger partial charge < -0.3 is 10.5 Å². The van der Waals surface area contributed by atoms with Crippen LogP contribution >= 0.6 is 0 Å². The van der Waals surface area contributed by atoms with Crippen LogP contribution < -0.4 is 10.5 Å². The number of hydrogen-bond acceptors (Lipinski definition) is 2. The van der Waals surface area contributed by atoms with Crippen molar-refractivity contribution in [2.75, 3.05) is 6.61 Å². The highest BCUT2D eigenvalue weighted by Gasteiger charge is 2.12. The summed E-state index contributed by atoms with van der Waals surface area (Å²) in [6, 6.07) is 8.08. The molecule has 0 radical (unpaired) electrons. The van der Waals surface area contributed by atoms with Gasteiger partial charge in [-0.1, -0.05) is 25.1 Å². The summed E-state index contributed by atoms with van der Waals surface area (Å²) >= 11 is 0. The van der Waals surface area contributed by atoms with Gasteiger partial charge in [0.25, 0.3) is 0 Å². The fraction of sp³-hybridized carbons (Fsp3) is 0.500. The smallest absolute Gasteiger partial charge is 0.122 e. The molecular formula is C12H19NO. The third-order valence-corrected chi connectivity index (χ3v) is 1.95. The third-order valence-electron chi connectivity index (χ3n) is 1.95. The van der Waals surface area contributed by atoms with Crippen molar-refractivity contribution in [2.24, 2.45) is 5.73 Å². The maximum Gasteiger partial charge on any atom is 0.122 e. The molecule has 0 heterocycles. The molecular weight excluding hydrogens is 174 g/mol. The van der Waals surface area contributed by atoms with E-state index in [0.717, 1.165) is 12.2 Å². The number of ether oxygens (including phenoxy) is 1. The molecule has 0 saturated heterocycles. The number of hydrogen-bond donors (Lipinski definition) is 1. The molecule has 2 nitrogen and oxygen atoms in total. The van der Waals surface area contributed by atoms with Crippen LogP contribution in [0.2, 0.25) is 0 Å². The number of rotatable bonds is 4. The zero-order chi connectivity index (χ0) is 10.6. The largest absolute Gasteiger partial charge is 0.491 e. The van der Waals surface area contributed by atoms with Gasteiger partial charge in [-0.25, -0.2) is 0 Å². The highest BCUT2D eigenvalue weighted by atomic mass is 16.5. The van der Waals surface area contributed by atoms with Crippen LogP contribution in [0.15, 0.2) is 24.3 Å². The Morgan fingerprint density at radius 2 is 1.93 bits per heavy atom. The average Bonchev–Trinajstić information content (AvgIpc) is 2.14. The molecule has 2 N–H and O–H groups in total. The maximum atomic E-state index is 5.85. The van der Waals surface area contributed by atoms with Crippen molar-refractivity contribution in [1.82, 2.24) is 0 Å². The fourth-order valence-electron chi connectivity index (χ4n) is 1.20. The monoisotopic (exact) mass is 193 g/mol. The first kappa shape index (κ1) is 11.1. The second-order valence-corrected chi connectivity index (χ2v) is 4.24. The van der Waals surface area contributed by atoms with Gasteiger partial charge in [0.1, 0.15) is 12.4 Å². The molecule has 1 aromatic rings. The van der Waals surface area contributed by atoms with Crippen LogP contribution in [0.4, 0.5) is 0 Å². The molecule has 0 amide bonds. The Hall–Kier alpha value is -1.02. The molecule has 0 unspecified atom stereocenters. The molecule has 0 aliphatic heterocycles. The summed E-state index contributed by atoms with van der Waals surface area (Å²) in [5.74, 6) is 0.952. The minimum Gasteiger partial charge on any atom is -0.491 e. The fourth-order valence-corrected chi connectivity index (χ4v) is 1.20. The highest BCUT2D eigenvalue weighted by molar-refractivity contribution is 5.33. The summed E-state index contributed by atoms with van der Waals surface area (Å²) in [7, 11) is 0. The lowest BCUT2D eigenvalue weighted by Gasteiger charge is -2.20. The van der Waals surface area contributed by atoms with Crippen molar-refractivity contribution in [3.63, 3.8) is 0 Å². The van der Waals surface area contributed by atoms with Crippen LogP contribution in [0, 0.1) is 0 Å². The van der Waals surface area contributed by atoms with E-state index in [2.05, 4.69) is 13.0 Å². The molecule has 1 rings (SSSR count). The summed E-state index contributed by atoms with van der Waals surface area (Å²) in [5, 5.41) is 0. The number of para-hydroxylation sites is 1. The normalized spacial score (nSPS) is 11.4. The summed E-state index contributed by atoms with van der Waals surface area (Å²) < 4.78 is 5.67. The quantitative estimate of drug-likeness (QED) is 0.796. The van der Waals surface area contributed by atoms with Gasteiger partial charge in [0.15, 0.2) is 0 Å². The van der Waals surface area contributed by atoms with E-state index in [1.807, 2.05) is 32.0 Å². The molecule has 0 fully saturated rings. The number of aryl methyl sites for hydroxylation is 1. The van der Waals surface area contributed by atoms with Crippen molar-refractivity contribution in [3.8, 4) is 5.75 Å². The first-order chi connectivity index (χ1) is 6.53. The standard InChI is InChI=1S/C12H19NO/c1-4-10-7-5-6-8-11(10)14-9-12(2,3)13/h5-8H,4,9,13H2,1-3H3. The van der Waals surface area contributed by atoms with E-state index in [-0.39, 0.29) is 5.54 Å². The number of nitrogens with two attached hydrogens (primary N) is 1. The minimum absolute atomic E-state index is 0.277. The molecule has 14 heavy (non-hydrogen) atoms. The van der Waals surface area contributed by atoms with E-state index in [0.29, 0.717) is 6.61 Å². The van der Waals surface area contributed by atoms with Crippen LogP contribution in [0.3, 0.4) is 0 Å². The van der Waals surface area contributed by atoms with E-state index in [1.54, 1.807) is 0 Å². The van der Waals surface area contributed by atoms with Crippen molar-refractivity contribution in [3.05, 3.63) is 29.8 Å². The van der Waals surface area contributed by atoms with E-state index >= 15 is 0 Å². The van der Waals surface area contributed by atoms with Gasteiger partial charge in [0, 0.05) is 5.54 Å². The summed E-state index contributed by atoms with van der Waals surface area (Å²) in [4.78, 5) is 0. The van der Waals surface area contributed by atoms with Crippen LogP contribution in [0.1, 0.15) is 26.3 Å². The Kier molecular flexibility index (Phi) is 3.53. The molecule has 0 aliphatic carbocycles. The van der Waals surface area contributed by atoms with E-state index < -0.39 is 0 Å². The molecule has 0 atom stereocenters. The summed E-state index contributed by atoms with van der Waals surface area (Å²) in [6.45, 7) is 6.59. The van der Waals surface area contributed by atoms with Crippen LogP contribution in [-0.4, -0.2) is 12.1 Å². The number of benzene rings is 1. The Bertz CT molecular complexity index is 289. The summed E-state index contributed by atoms with van der Waals surface area (Å²) in [6.07, 6.45) is 0.987. The highest BCUT2D eigenvalue weighted by Crippen LogP contribution is 2.19. The minimum atomic E-state index is -0.277. The van der Waals surface area contributed by atoms with Crippen molar-refractivity contribution in [2.45, 2.75) is 32.7 Å². The van der Waals surface area contributed by atoms with Gasteiger partial charge >= 0.3 is 0 Å². The first-order valence-electron chi connectivity index (χ1n) is 5.02. The maximum absolute atomic E-state index is 5.85. The van der Waals surface area contributed by atoms with Gasteiger partial charge in [0.2, 0.25) is 0 Å². The SMILES string of the molecule is CCc1ccccc1OCC(C)(C)N. The van der Waals surface area contributed by atoms with Gasteiger partial charge in [0.05, 0.1) is 0 Å². The van der Waals surface area contributed by atoms with Crippen LogP contribution in [-0.2, 0) is 6.42 Å². The molecule has 0 saturated carbocycles. The van der Waals surface area contributed by atoms with Gasteiger partial charge in [-0.05, 0) is 31.9 Å². The zero-order valence-corrected chi connectivity index (χ0v) is 9.21. The molecule has 2 heteroatoms. The Morgan fingerprint density at radius 3 is 2.50 bits per heavy atom. The second kappa shape index (κ2) is 4.47. The van der Waals surface area contributed by atoms with Gasteiger partial charge in [-0.15, -0.1) is 0 Å². The molecule has 0 spiro atoms. The van der Waals surface area contributed by atoms with Crippen LogP contribution in [0.5, 0.6) is 5.75 Å². The third kappa shape index (κ3) is 3.38. The van der Waals surface area contributed by atoms with E-state index in [1.165, 1.54) is 5.56 Å². The van der Waals surface area contributed by atoms with Gasteiger partial charge in [-0.2, -0.15) is 0 Å². The second-order valence-electron chi connectivity index (χ2n) is 4.24. The van der Waals surface area contributed by atoms with Gasteiger partial charge in [-0.3, -0.25) is 0 Å². The lowest BCUT2D eigenvalue weighted by Crippen LogP contribution is -2.38. The van der Waals surface area contributed by atoms with Crippen molar-refractivity contribution >= 4 is 0 Å². The summed E-state index contributed by atoms with van der Waals surface area (Å²) in [5.41, 5.74) is 6.81. The topological polar surface area (TPSA) is 35.2 Å².